The van der Waals surface area contributed by atoms with Crippen molar-refractivity contribution in [2.75, 3.05) is 19.6 Å². The van der Waals surface area contributed by atoms with Crippen LogP contribution in [0.3, 0.4) is 0 Å². The Bertz CT molecular complexity index is 1160. The van der Waals surface area contributed by atoms with Crippen molar-refractivity contribution >= 4 is 41.5 Å². The van der Waals surface area contributed by atoms with Crippen molar-refractivity contribution in [1.29, 1.82) is 0 Å². The molecule has 1 saturated heterocycles. The molecular formula is C27H41N9O7. The quantitative estimate of drug-likeness (QED) is 0.0661. The number of nitrogens with zero attached hydrogens (tertiary/aromatic N) is 1. The molecule has 236 valence electrons. The summed E-state index contributed by atoms with van der Waals surface area (Å²) in [4.78, 5) is 81.1. The van der Waals surface area contributed by atoms with Gasteiger partial charge in [-0.05, 0) is 44.2 Å². The molecule has 1 fully saturated rings. The zero-order valence-corrected chi connectivity index (χ0v) is 23.8. The summed E-state index contributed by atoms with van der Waals surface area (Å²) in [6.45, 7) is -0.0746. The molecule has 0 radical (unpaired) electrons. The number of carboxylic acids is 1. The van der Waals surface area contributed by atoms with Crippen molar-refractivity contribution in [3.63, 3.8) is 0 Å². The van der Waals surface area contributed by atoms with Gasteiger partial charge in [0.1, 0.15) is 24.2 Å². The molecule has 0 aliphatic carbocycles. The number of aliphatic imine (C=N–C) groups is 1. The van der Waals surface area contributed by atoms with Gasteiger partial charge in [0.15, 0.2) is 5.96 Å². The van der Waals surface area contributed by atoms with Crippen LogP contribution in [-0.4, -0.2) is 90.4 Å². The summed E-state index contributed by atoms with van der Waals surface area (Å²) in [5.41, 5.74) is 17.0. The second-order valence-electron chi connectivity index (χ2n) is 10.0. The van der Waals surface area contributed by atoms with Crippen LogP contribution in [0.4, 0.5) is 0 Å². The number of hydrogen-bond acceptors (Lipinski definition) is 8. The lowest BCUT2D eigenvalue weighted by Crippen LogP contribution is -2.58. The first-order valence-electron chi connectivity index (χ1n) is 14.0. The molecule has 0 saturated carbocycles. The van der Waals surface area contributed by atoms with Gasteiger partial charge in [-0.2, -0.15) is 0 Å². The predicted molar refractivity (Wildman–Crippen MR) is 156 cm³/mol. The highest BCUT2D eigenvalue weighted by Crippen LogP contribution is 2.09. The number of nitrogens with two attached hydrogens (primary N) is 3. The normalized spacial score (nSPS) is 22.0. The number of benzene rings is 1. The Balaban J connectivity index is 2.44. The second-order valence-corrected chi connectivity index (χ2v) is 10.0. The molecule has 43 heavy (non-hydrogen) atoms. The van der Waals surface area contributed by atoms with Gasteiger partial charge in [0.25, 0.3) is 0 Å². The topological polar surface area (TPSA) is 273 Å². The highest BCUT2D eigenvalue weighted by Gasteiger charge is 2.33. The molecule has 2 rings (SSSR count). The summed E-state index contributed by atoms with van der Waals surface area (Å²) in [7, 11) is 0. The highest BCUT2D eigenvalue weighted by molar-refractivity contribution is 5.98. The van der Waals surface area contributed by atoms with Crippen LogP contribution >= 0.6 is 0 Å². The predicted octanol–water partition coefficient (Wildman–Crippen LogP) is -3.04. The van der Waals surface area contributed by atoms with Crippen molar-refractivity contribution in [1.82, 2.24) is 26.6 Å². The Morgan fingerprint density at radius 1 is 0.791 bits per heavy atom. The summed E-state index contributed by atoms with van der Waals surface area (Å²) < 4.78 is 0. The number of carbonyl (C=O) groups excluding carboxylic acids is 5. The highest BCUT2D eigenvalue weighted by atomic mass is 16.4. The molecule has 5 amide bonds. The van der Waals surface area contributed by atoms with Gasteiger partial charge in [-0.25, -0.2) is 0 Å². The summed E-state index contributed by atoms with van der Waals surface area (Å²) in [6, 6.07) is 3.75. The third-order valence-corrected chi connectivity index (χ3v) is 6.53. The molecular weight excluding hydrogens is 562 g/mol. The van der Waals surface area contributed by atoms with Crippen molar-refractivity contribution in [2.24, 2.45) is 22.2 Å². The van der Waals surface area contributed by atoms with Gasteiger partial charge in [-0.15, -0.1) is 0 Å². The Labute approximate surface area is 249 Å². The van der Waals surface area contributed by atoms with Crippen LogP contribution in [0.25, 0.3) is 0 Å². The summed E-state index contributed by atoms with van der Waals surface area (Å²) in [5, 5.41) is 21.9. The van der Waals surface area contributed by atoms with E-state index in [4.69, 9.17) is 17.2 Å². The van der Waals surface area contributed by atoms with E-state index in [-0.39, 0.29) is 31.8 Å². The molecule has 0 bridgehead atoms. The Hall–Kier alpha value is -4.73. The third-order valence-electron chi connectivity index (χ3n) is 6.53. The van der Waals surface area contributed by atoms with Gasteiger partial charge < -0.3 is 48.9 Å². The van der Waals surface area contributed by atoms with Crippen molar-refractivity contribution in [3.05, 3.63) is 35.9 Å². The van der Waals surface area contributed by atoms with E-state index in [1.807, 2.05) is 0 Å². The number of rotatable bonds is 12. The monoisotopic (exact) mass is 603 g/mol. The van der Waals surface area contributed by atoms with Crippen LogP contribution in [0, 0.1) is 0 Å². The van der Waals surface area contributed by atoms with Gasteiger partial charge in [0.2, 0.25) is 29.5 Å². The number of hydrogen-bond donors (Lipinski definition) is 9. The minimum atomic E-state index is -1.55. The second kappa shape index (κ2) is 17.9. The minimum Gasteiger partial charge on any atom is -0.481 e. The van der Waals surface area contributed by atoms with Crippen LogP contribution in [0.15, 0.2) is 35.3 Å². The van der Waals surface area contributed by atoms with Crippen molar-refractivity contribution < 1.29 is 33.9 Å². The van der Waals surface area contributed by atoms with E-state index < -0.39 is 72.6 Å². The summed E-state index contributed by atoms with van der Waals surface area (Å²) >= 11 is 0. The summed E-state index contributed by atoms with van der Waals surface area (Å²) in [5.74, 6) is -5.36. The molecule has 0 aromatic heterocycles. The maximum absolute atomic E-state index is 13.5. The van der Waals surface area contributed by atoms with Gasteiger partial charge >= 0.3 is 5.97 Å². The number of carboxylic acid groups (broad SMARTS) is 1. The average molecular weight is 604 g/mol. The lowest BCUT2D eigenvalue weighted by Gasteiger charge is -2.26. The first kappa shape index (κ1) is 34.5. The lowest BCUT2D eigenvalue weighted by molar-refractivity contribution is -0.141. The maximum Gasteiger partial charge on any atom is 0.305 e. The Morgan fingerprint density at radius 2 is 1.37 bits per heavy atom. The smallest absolute Gasteiger partial charge is 0.305 e. The fourth-order valence-corrected chi connectivity index (χ4v) is 4.33. The first-order valence-corrected chi connectivity index (χ1v) is 14.0. The number of guanidine groups is 1. The van der Waals surface area contributed by atoms with E-state index in [1.165, 1.54) is 0 Å². The fourth-order valence-electron chi connectivity index (χ4n) is 4.33. The van der Waals surface area contributed by atoms with Gasteiger partial charge in [-0.1, -0.05) is 30.3 Å². The Kier molecular flexibility index (Phi) is 14.4. The van der Waals surface area contributed by atoms with E-state index in [0.29, 0.717) is 31.4 Å². The van der Waals surface area contributed by atoms with E-state index in [0.717, 1.165) is 0 Å². The molecule has 0 spiro atoms. The minimum absolute atomic E-state index is 0.0107. The van der Waals surface area contributed by atoms with Crippen LogP contribution in [0.5, 0.6) is 0 Å². The average Bonchev–Trinajstić information content (AvgIpc) is 2.95. The molecule has 4 atom stereocenters. The first-order chi connectivity index (χ1) is 20.5. The van der Waals surface area contributed by atoms with Crippen LogP contribution in [-0.2, 0) is 35.2 Å². The van der Waals surface area contributed by atoms with Crippen LogP contribution < -0.4 is 43.8 Å². The molecule has 1 aromatic carbocycles. The van der Waals surface area contributed by atoms with E-state index in [1.54, 1.807) is 30.3 Å². The number of unbranched alkanes of at least 4 members (excludes halogenated alkanes) is 1. The molecule has 16 heteroatoms. The van der Waals surface area contributed by atoms with Gasteiger partial charge in [-0.3, -0.25) is 33.8 Å². The van der Waals surface area contributed by atoms with Crippen molar-refractivity contribution in [2.45, 2.75) is 69.1 Å². The zero-order valence-electron chi connectivity index (χ0n) is 23.8. The summed E-state index contributed by atoms with van der Waals surface area (Å²) in [6.07, 6.45) is 0.854. The molecule has 1 aliphatic rings. The number of amides is 5. The number of nitrogens with one attached hydrogen (secondary N) is 5. The van der Waals surface area contributed by atoms with Crippen LogP contribution in [0.1, 0.15) is 44.1 Å². The molecule has 1 aromatic rings. The molecule has 16 nitrogen and oxygen atoms in total. The van der Waals surface area contributed by atoms with E-state index in [2.05, 4.69) is 31.6 Å². The number of carbonyl (C=O) groups is 6. The zero-order chi connectivity index (χ0) is 31.8. The molecule has 2 unspecified atom stereocenters. The Morgan fingerprint density at radius 3 is 2.00 bits per heavy atom. The number of aliphatic carboxylic acids is 1. The molecule has 1 aliphatic heterocycles. The standard InChI is InChI=1S/C27H41N9O7/c28-11-5-4-9-18-25(42)35-19(13-16-7-2-1-3-8-16)26(43)36-20(14-22(38)39)23(40)32-15-21(37)33-17(24(41)34-18)10-6-12-31-27(29)30/h1-3,7-8,17-20H,4-6,9-15,28H2,(H,32,40)(H,33,37)(H,34,41)(H,35,42)(H,36,43)(H,38,39)(H4,29,30,31)/t17?,18-,19?,20-/m1/s1. The van der Waals surface area contributed by atoms with Gasteiger partial charge in [0, 0.05) is 13.0 Å². The van der Waals surface area contributed by atoms with Crippen molar-refractivity contribution in [3.8, 4) is 0 Å². The SMILES string of the molecule is NCCCC[C@H]1NC(=O)C(CCCN=C(N)N)NC(=O)CNC(=O)[C@@H](CC(=O)O)NC(=O)C(Cc2ccccc2)NC1=O. The maximum atomic E-state index is 13.5. The third kappa shape index (κ3) is 12.8. The lowest BCUT2D eigenvalue weighted by atomic mass is 10.0. The van der Waals surface area contributed by atoms with Crippen LogP contribution in [0.2, 0.25) is 0 Å². The van der Waals surface area contributed by atoms with Gasteiger partial charge in [0.05, 0.1) is 13.0 Å². The van der Waals surface area contributed by atoms with E-state index in [9.17, 15) is 33.9 Å². The largest absolute Gasteiger partial charge is 0.481 e. The van der Waals surface area contributed by atoms with E-state index >= 15 is 0 Å². The fraction of sp³-hybridized carbons (Fsp3) is 0.519. The molecule has 12 N–H and O–H groups in total. The molecule has 1 heterocycles.